The summed E-state index contributed by atoms with van der Waals surface area (Å²) < 4.78 is 0. The first kappa shape index (κ1) is 10.8. The third kappa shape index (κ3) is 1.49. The number of carbonyl (C=O) groups is 2. The van der Waals surface area contributed by atoms with Crippen molar-refractivity contribution in [3.63, 3.8) is 0 Å². The lowest BCUT2D eigenvalue weighted by Gasteiger charge is -2.27. The summed E-state index contributed by atoms with van der Waals surface area (Å²) in [5, 5.41) is 10.7. The molecule has 0 saturated carbocycles. The average molecular weight is 236 g/mol. The molecule has 1 fully saturated rings. The SMILES string of the molecule is O=C1C2=C(CCCC2)C(=O)N2CCCC2N1O. The Bertz CT molecular complexity index is 416. The van der Waals surface area contributed by atoms with E-state index in [9.17, 15) is 14.8 Å². The fraction of sp³-hybridized carbons (Fsp3) is 0.667. The molecule has 92 valence electrons. The van der Waals surface area contributed by atoms with Crippen LogP contribution in [0.25, 0.3) is 0 Å². The van der Waals surface area contributed by atoms with Gasteiger partial charge in [0.25, 0.3) is 11.8 Å². The molecule has 2 heterocycles. The molecule has 17 heavy (non-hydrogen) atoms. The van der Waals surface area contributed by atoms with Gasteiger partial charge in [0.1, 0.15) is 6.17 Å². The van der Waals surface area contributed by atoms with Gasteiger partial charge in [0.15, 0.2) is 0 Å². The van der Waals surface area contributed by atoms with Crippen molar-refractivity contribution in [3.05, 3.63) is 11.1 Å². The molecule has 0 radical (unpaired) electrons. The lowest BCUT2D eigenvalue weighted by atomic mass is 9.90. The zero-order valence-corrected chi connectivity index (χ0v) is 9.69. The normalized spacial score (nSPS) is 29.4. The fourth-order valence-corrected chi connectivity index (χ4v) is 3.06. The molecule has 2 amide bonds. The second-order valence-electron chi connectivity index (χ2n) is 4.94. The van der Waals surface area contributed by atoms with Gasteiger partial charge in [-0.3, -0.25) is 14.8 Å². The second kappa shape index (κ2) is 3.84. The van der Waals surface area contributed by atoms with E-state index in [1.165, 1.54) is 0 Å². The van der Waals surface area contributed by atoms with Gasteiger partial charge in [-0.05, 0) is 38.5 Å². The maximum absolute atomic E-state index is 12.3. The van der Waals surface area contributed by atoms with Gasteiger partial charge in [0.05, 0.1) is 0 Å². The van der Waals surface area contributed by atoms with Crippen LogP contribution in [0.15, 0.2) is 11.1 Å². The van der Waals surface area contributed by atoms with Crippen molar-refractivity contribution in [2.24, 2.45) is 0 Å². The van der Waals surface area contributed by atoms with Crippen molar-refractivity contribution in [2.75, 3.05) is 6.54 Å². The summed E-state index contributed by atoms with van der Waals surface area (Å²) in [6.45, 7) is 0.643. The quantitative estimate of drug-likeness (QED) is 0.639. The molecule has 3 aliphatic rings. The molecule has 3 rings (SSSR count). The van der Waals surface area contributed by atoms with Crippen LogP contribution in [-0.4, -0.2) is 39.7 Å². The van der Waals surface area contributed by atoms with Crippen LogP contribution in [0, 0.1) is 0 Å². The second-order valence-corrected chi connectivity index (χ2v) is 4.94. The van der Waals surface area contributed by atoms with Crippen molar-refractivity contribution in [1.29, 1.82) is 0 Å². The third-order valence-electron chi connectivity index (χ3n) is 3.96. The largest absolute Gasteiger partial charge is 0.316 e. The molecular weight excluding hydrogens is 220 g/mol. The molecule has 1 unspecified atom stereocenters. The Morgan fingerprint density at radius 1 is 1.00 bits per heavy atom. The van der Waals surface area contributed by atoms with E-state index in [1.807, 2.05) is 0 Å². The highest BCUT2D eigenvalue weighted by Gasteiger charge is 2.42. The van der Waals surface area contributed by atoms with Crippen LogP contribution in [0.2, 0.25) is 0 Å². The van der Waals surface area contributed by atoms with Crippen LogP contribution >= 0.6 is 0 Å². The molecule has 1 N–H and O–H groups in total. The standard InChI is InChI=1S/C12H16N2O3/c15-11-8-4-1-2-5-9(8)12(16)14(17)10-6-3-7-13(10)11/h10,17H,1-7H2. The van der Waals surface area contributed by atoms with E-state index in [0.29, 0.717) is 37.0 Å². The third-order valence-corrected chi connectivity index (χ3v) is 3.96. The first-order valence-corrected chi connectivity index (χ1v) is 6.25. The van der Waals surface area contributed by atoms with Gasteiger partial charge >= 0.3 is 0 Å². The first-order chi connectivity index (χ1) is 8.20. The Balaban J connectivity index is 2.06. The maximum Gasteiger partial charge on any atom is 0.275 e. The van der Waals surface area contributed by atoms with Gasteiger partial charge in [-0.15, -0.1) is 0 Å². The van der Waals surface area contributed by atoms with E-state index >= 15 is 0 Å². The summed E-state index contributed by atoms with van der Waals surface area (Å²) in [7, 11) is 0. The Morgan fingerprint density at radius 3 is 2.35 bits per heavy atom. The number of hydrogen-bond donors (Lipinski definition) is 1. The zero-order valence-electron chi connectivity index (χ0n) is 9.69. The number of carbonyl (C=O) groups excluding carboxylic acids is 2. The van der Waals surface area contributed by atoms with Crippen LogP contribution in [0.5, 0.6) is 0 Å². The highest BCUT2D eigenvalue weighted by atomic mass is 16.5. The van der Waals surface area contributed by atoms with Gasteiger partial charge in [0, 0.05) is 17.7 Å². The van der Waals surface area contributed by atoms with Crippen molar-refractivity contribution < 1.29 is 14.8 Å². The van der Waals surface area contributed by atoms with E-state index in [0.717, 1.165) is 24.3 Å². The van der Waals surface area contributed by atoms with Gasteiger partial charge in [-0.2, -0.15) is 5.06 Å². The van der Waals surface area contributed by atoms with Crippen LogP contribution in [0.3, 0.4) is 0 Å². The summed E-state index contributed by atoms with van der Waals surface area (Å²) in [5.74, 6) is -0.394. The average Bonchev–Trinajstić information content (AvgIpc) is 2.82. The minimum atomic E-state index is -0.444. The molecule has 0 aromatic rings. The number of fused-ring (bicyclic) bond motifs is 1. The summed E-state index contributed by atoms with van der Waals surface area (Å²) in [6.07, 6.45) is 4.27. The minimum Gasteiger partial charge on any atom is -0.316 e. The number of hydroxylamine groups is 2. The minimum absolute atomic E-state index is 0.0351. The summed E-state index contributed by atoms with van der Waals surface area (Å²) >= 11 is 0. The van der Waals surface area contributed by atoms with Crippen LogP contribution in [-0.2, 0) is 9.59 Å². The summed E-state index contributed by atoms with van der Waals surface area (Å²) in [6, 6.07) is 0. The highest BCUT2D eigenvalue weighted by molar-refractivity contribution is 6.06. The number of rotatable bonds is 0. The lowest BCUT2D eigenvalue weighted by Crippen LogP contribution is -2.46. The monoisotopic (exact) mass is 236 g/mol. The molecule has 5 heteroatoms. The number of nitrogens with zero attached hydrogens (tertiary/aromatic N) is 2. The summed E-state index contributed by atoms with van der Waals surface area (Å²) in [4.78, 5) is 26.1. The maximum atomic E-state index is 12.3. The predicted octanol–water partition coefficient (Wildman–Crippen LogP) is 1.04. The Morgan fingerprint density at radius 2 is 1.65 bits per heavy atom. The van der Waals surface area contributed by atoms with E-state index in [1.54, 1.807) is 4.90 Å². The van der Waals surface area contributed by atoms with Crippen LogP contribution < -0.4 is 0 Å². The Kier molecular flexibility index (Phi) is 2.43. The van der Waals surface area contributed by atoms with Gasteiger partial charge in [0.2, 0.25) is 0 Å². The molecule has 0 aromatic heterocycles. The van der Waals surface area contributed by atoms with E-state index in [4.69, 9.17) is 0 Å². The molecule has 2 aliphatic heterocycles. The van der Waals surface area contributed by atoms with Gasteiger partial charge in [-0.1, -0.05) is 0 Å². The van der Waals surface area contributed by atoms with Crippen LogP contribution in [0.4, 0.5) is 0 Å². The molecular formula is C12H16N2O3. The highest BCUT2D eigenvalue weighted by Crippen LogP contribution is 2.34. The molecule has 1 aliphatic carbocycles. The molecule has 0 spiro atoms. The molecule has 0 bridgehead atoms. The molecule has 1 saturated heterocycles. The zero-order chi connectivity index (χ0) is 12.0. The van der Waals surface area contributed by atoms with E-state index < -0.39 is 6.17 Å². The first-order valence-electron chi connectivity index (χ1n) is 6.25. The molecule has 0 aromatic carbocycles. The topological polar surface area (TPSA) is 60.9 Å². The van der Waals surface area contributed by atoms with Gasteiger partial charge < -0.3 is 4.90 Å². The fourth-order valence-electron chi connectivity index (χ4n) is 3.06. The van der Waals surface area contributed by atoms with Crippen molar-refractivity contribution in [1.82, 2.24) is 9.96 Å². The Hall–Kier alpha value is -1.36. The molecule has 5 nitrogen and oxygen atoms in total. The Labute approximate surface area is 99.6 Å². The predicted molar refractivity (Wildman–Crippen MR) is 58.9 cm³/mol. The van der Waals surface area contributed by atoms with Crippen molar-refractivity contribution in [2.45, 2.75) is 44.7 Å². The van der Waals surface area contributed by atoms with Crippen molar-refractivity contribution in [3.8, 4) is 0 Å². The van der Waals surface area contributed by atoms with E-state index in [2.05, 4.69) is 0 Å². The summed E-state index contributed by atoms with van der Waals surface area (Å²) in [5.41, 5.74) is 1.18. The number of amides is 2. The van der Waals surface area contributed by atoms with Gasteiger partial charge in [-0.25, -0.2) is 0 Å². The molecule has 1 atom stereocenters. The van der Waals surface area contributed by atoms with Crippen molar-refractivity contribution >= 4 is 11.8 Å². The van der Waals surface area contributed by atoms with E-state index in [-0.39, 0.29) is 11.8 Å². The van der Waals surface area contributed by atoms with Crippen LogP contribution in [0.1, 0.15) is 38.5 Å². The number of hydrogen-bond acceptors (Lipinski definition) is 3. The lowest BCUT2D eigenvalue weighted by molar-refractivity contribution is -0.184. The smallest absolute Gasteiger partial charge is 0.275 e.